The number of hydrogen-bond acceptors (Lipinski definition) is 5. The van der Waals surface area contributed by atoms with Crippen molar-refractivity contribution in [3.8, 4) is 0 Å². The van der Waals surface area contributed by atoms with Crippen LogP contribution < -0.4 is 0 Å². The molecule has 0 amide bonds. The van der Waals surface area contributed by atoms with E-state index in [1.807, 2.05) is 0 Å². The van der Waals surface area contributed by atoms with Crippen LogP contribution in [-0.2, 0) is 23.8 Å². The van der Waals surface area contributed by atoms with Crippen LogP contribution in [-0.4, -0.2) is 37.9 Å². The zero-order valence-electron chi connectivity index (χ0n) is 11.7. The largest absolute Gasteiger partial charge is 0.465 e. The third kappa shape index (κ3) is 4.34. The van der Waals surface area contributed by atoms with Gasteiger partial charge in [-0.3, -0.25) is 9.59 Å². The smallest absolute Gasteiger partial charge is 0.309 e. The summed E-state index contributed by atoms with van der Waals surface area (Å²) in [6, 6.07) is 0. The number of carbonyl (C=O) groups excluding carboxylic acids is 2. The van der Waals surface area contributed by atoms with Crippen molar-refractivity contribution >= 4 is 11.9 Å². The van der Waals surface area contributed by atoms with Crippen LogP contribution in [0, 0.1) is 11.8 Å². The first kappa shape index (κ1) is 15.0. The minimum Gasteiger partial charge on any atom is -0.465 e. The first-order valence-corrected chi connectivity index (χ1v) is 7.28. The molecule has 1 aliphatic carbocycles. The molecule has 1 saturated heterocycles. The Morgan fingerprint density at radius 2 is 1.75 bits per heavy atom. The van der Waals surface area contributed by atoms with Gasteiger partial charge in [0.1, 0.15) is 12.7 Å². The topological polar surface area (TPSA) is 65.1 Å². The number of esters is 2. The minimum absolute atomic E-state index is 0.0560. The van der Waals surface area contributed by atoms with E-state index in [0.717, 1.165) is 12.8 Å². The lowest BCUT2D eigenvalue weighted by Gasteiger charge is -2.28. The molecule has 2 fully saturated rings. The lowest BCUT2D eigenvalue weighted by molar-refractivity contribution is -0.163. The molecular formula is C15H22O5. The summed E-state index contributed by atoms with van der Waals surface area (Å²) in [4.78, 5) is 24.1. The second kappa shape index (κ2) is 7.43. The van der Waals surface area contributed by atoms with E-state index in [1.54, 1.807) is 6.08 Å². The van der Waals surface area contributed by atoms with E-state index in [2.05, 4.69) is 6.58 Å². The summed E-state index contributed by atoms with van der Waals surface area (Å²) in [5, 5.41) is 0. The summed E-state index contributed by atoms with van der Waals surface area (Å²) >= 11 is 0. The fourth-order valence-electron chi connectivity index (χ4n) is 2.49. The summed E-state index contributed by atoms with van der Waals surface area (Å²) < 4.78 is 15.4. The van der Waals surface area contributed by atoms with E-state index in [-0.39, 0.29) is 29.9 Å². The van der Waals surface area contributed by atoms with Crippen molar-refractivity contribution in [3.63, 3.8) is 0 Å². The highest BCUT2D eigenvalue weighted by atomic mass is 16.6. The Bertz CT molecular complexity index is 361. The van der Waals surface area contributed by atoms with Gasteiger partial charge >= 0.3 is 11.9 Å². The van der Waals surface area contributed by atoms with Gasteiger partial charge in [-0.1, -0.05) is 18.9 Å². The predicted octanol–water partition coefficient (Wildman–Crippen LogP) is 1.85. The maximum Gasteiger partial charge on any atom is 0.309 e. The molecule has 1 aliphatic heterocycles. The van der Waals surface area contributed by atoms with E-state index in [0.29, 0.717) is 39.1 Å². The predicted molar refractivity (Wildman–Crippen MR) is 71.9 cm³/mol. The quantitative estimate of drug-likeness (QED) is 0.308. The molecule has 0 aromatic carbocycles. The Hall–Kier alpha value is -1.36. The Balaban J connectivity index is 1.84. The standard InChI is InChI=1S/C15H22O5/c1-2-3-8-18-14(16)12-6-4-5-7-13(12)15(17)20-10-11-9-19-11/h2,11-13H,1,3-10H2. The van der Waals surface area contributed by atoms with E-state index < -0.39 is 0 Å². The normalized spacial score (nSPS) is 28.5. The first-order valence-electron chi connectivity index (χ1n) is 7.28. The Kier molecular flexibility index (Phi) is 5.59. The van der Waals surface area contributed by atoms with Crippen LogP contribution in [0.1, 0.15) is 32.1 Å². The third-order valence-electron chi connectivity index (χ3n) is 3.75. The van der Waals surface area contributed by atoms with Crippen molar-refractivity contribution in [1.29, 1.82) is 0 Å². The first-order chi connectivity index (χ1) is 9.72. The van der Waals surface area contributed by atoms with Crippen LogP contribution in [0.15, 0.2) is 12.7 Å². The van der Waals surface area contributed by atoms with Gasteiger partial charge in [0, 0.05) is 0 Å². The molecule has 0 spiro atoms. The van der Waals surface area contributed by atoms with Gasteiger partial charge in [0.25, 0.3) is 0 Å². The van der Waals surface area contributed by atoms with Crippen LogP contribution in [0.2, 0.25) is 0 Å². The van der Waals surface area contributed by atoms with Crippen molar-refractivity contribution in [2.45, 2.75) is 38.2 Å². The molecule has 20 heavy (non-hydrogen) atoms. The molecule has 5 nitrogen and oxygen atoms in total. The summed E-state index contributed by atoms with van der Waals surface area (Å²) in [6.45, 7) is 4.87. The average Bonchev–Trinajstić information content (AvgIpc) is 3.29. The molecule has 0 N–H and O–H groups in total. The summed E-state index contributed by atoms with van der Waals surface area (Å²) in [6.07, 6.45) is 5.70. The van der Waals surface area contributed by atoms with Gasteiger partial charge in [-0.25, -0.2) is 0 Å². The Morgan fingerprint density at radius 1 is 1.15 bits per heavy atom. The van der Waals surface area contributed by atoms with E-state index in [4.69, 9.17) is 14.2 Å². The van der Waals surface area contributed by atoms with Crippen LogP contribution in [0.4, 0.5) is 0 Å². The van der Waals surface area contributed by atoms with E-state index in [1.165, 1.54) is 0 Å². The fourth-order valence-corrected chi connectivity index (χ4v) is 2.49. The minimum atomic E-state index is -0.362. The van der Waals surface area contributed by atoms with Gasteiger partial charge in [0.15, 0.2) is 0 Å². The van der Waals surface area contributed by atoms with Crippen LogP contribution in [0.3, 0.4) is 0 Å². The molecule has 0 aromatic heterocycles. The van der Waals surface area contributed by atoms with Crippen LogP contribution in [0.5, 0.6) is 0 Å². The molecule has 0 bridgehead atoms. The van der Waals surface area contributed by atoms with E-state index in [9.17, 15) is 9.59 Å². The highest BCUT2D eigenvalue weighted by Crippen LogP contribution is 2.32. The molecule has 0 radical (unpaired) electrons. The average molecular weight is 282 g/mol. The molecule has 2 aliphatic rings. The van der Waals surface area contributed by atoms with Crippen molar-refractivity contribution in [3.05, 3.63) is 12.7 Å². The highest BCUT2D eigenvalue weighted by Gasteiger charge is 2.38. The summed E-state index contributed by atoms with van der Waals surface area (Å²) in [5.41, 5.74) is 0. The summed E-state index contributed by atoms with van der Waals surface area (Å²) in [7, 11) is 0. The molecule has 1 saturated carbocycles. The van der Waals surface area contributed by atoms with Crippen molar-refractivity contribution in [2.24, 2.45) is 11.8 Å². The molecule has 3 atom stereocenters. The maximum atomic E-state index is 12.1. The Morgan fingerprint density at radius 3 is 2.30 bits per heavy atom. The van der Waals surface area contributed by atoms with Crippen molar-refractivity contribution in [2.75, 3.05) is 19.8 Å². The maximum absolute atomic E-state index is 12.1. The monoisotopic (exact) mass is 282 g/mol. The molecule has 1 heterocycles. The van der Waals surface area contributed by atoms with E-state index >= 15 is 0 Å². The van der Waals surface area contributed by atoms with Gasteiger partial charge in [-0.05, 0) is 19.3 Å². The molecule has 2 rings (SSSR count). The Labute approximate surface area is 119 Å². The lowest BCUT2D eigenvalue weighted by atomic mass is 9.79. The molecule has 5 heteroatoms. The van der Waals surface area contributed by atoms with Gasteiger partial charge in [0.05, 0.1) is 25.0 Å². The van der Waals surface area contributed by atoms with Crippen LogP contribution in [0.25, 0.3) is 0 Å². The molecule has 0 aromatic rings. The molecule has 3 unspecified atom stereocenters. The van der Waals surface area contributed by atoms with Crippen molar-refractivity contribution < 1.29 is 23.8 Å². The second-order valence-electron chi connectivity index (χ2n) is 5.33. The van der Waals surface area contributed by atoms with Gasteiger partial charge in [-0.2, -0.15) is 0 Å². The second-order valence-corrected chi connectivity index (χ2v) is 5.33. The summed E-state index contributed by atoms with van der Waals surface area (Å²) in [5.74, 6) is -1.29. The zero-order valence-corrected chi connectivity index (χ0v) is 11.7. The number of epoxide rings is 1. The fraction of sp³-hybridized carbons (Fsp3) is 0.733. The number of carbonyl (C=O) groups is 2. The SMILES string of the molecule is C=CCCOC(=O)C1CCCCC1C(=O)OCC1CO1. The van der Waals surface area contributed by atoms with Gasteiger partial charge in [-0.15, -0.1) is 6.58 Å². The molecule has 112 valence electrons. The number of ether oxygens (including phenoxy) is 3. The van der Waals surface area contributed by atoms with Gasteiger partial charge in [0.2, 0.25) is 0 Å². The number of hydrogen-bond donors (Lipinski definition) is 0. The van der Waals surface area contributed by atoms with Crippen molar-refractivity contribution in [1.82, 2.24) is 0 Å². The number of rotatable bonds is 7. The van der Waals surface area contributed by atoms with Crippen LogP contribution >= 0.6 is 0 Å². The highest BCUT2D eigenvalue weighted by molar-refractivity contribution is 5.82. The van der Waals surface area contributed by atoms with Gasteiger partial charge < -0.3 is 14.2 Å². The lowest BCUT2D eigenvalue weighted by Crippen LogP contribution is -2.35. The zero-order chi connectivity index (χ0) is 14.4. The molecular weight excluding hydrogens is 260 g/mol. The third-order valence-corrected chi connectivity index (χ3v) is 3.75.